The van der Waals surface area contributed by atoms with Crippen LogP contribution in [0.25, 0.3) is 10.9 Å². The first-order valence-corrected chi connectivity index (χ1v) is 8.63. The van der Waals surface area contributed by atoms with Crippen LogP contribution < -0.4 is 5.32 Å². The standard InChI is InChI=1S/C14H17ClN2O2S/c1-3-20(18,19)9-10(2)17-13-7-6-12(15)14-11(13)5-4-8-16-14/h4-8,10,17H,3,9H2,1-2H3. The smallest absolute Gasteiger partial charge is 0.152 e. The van der Waals surface area contributed by atoms with Gasteiger partial charge in [-0.3, -0.25) is 4.98 Å². The summed E-state index contributed by atoms with van der Waals surface area (Å²) in [6, 6.07) is 7.18. The van der Waals surface area contributed by atoms with E-state index in [0.717, 1.165) is 11.1 Å². The molecule has 108 valence electrons. The van der Waals surface area contributed by atoms with Gasteiger partial charge in [-0.2, -0.15) is 0 Å². The highest BCUT2D eigenvalue weighted by molar-refractivity contribution is 7.91. The van der Waals surface area contributed by atoms with Gasteiger partial charge in [0, 0.05) is 29.1 Å². The van der Waals surface area contributed by atoms with Crippen LogP contribution >= 0.6 is 11.6 Å². The second-order valence-electron chi connectivity index (χ2n) is 4.74. The first-order valence-electron chi connectivity index (χ1n) is 6.43. The van der Waals surface area contributed by atoms with E-state index < -0.39 is 9.84 Å². The van der Waals surface area contributed by atoms with E-state index in [-0.39, 0.29) is 17.5 Å². The zero-order valence-electron chi connectivity index (χ0n) is 11.4. The zero-order chi connectivity index (χ0) is 14.8. The lowest BCUT2D eigenvalue weighted by Gasteiger charge is -2.16. The van der Waals surface area contributed by atoms with E-state index in [0.29, 0.717) is 10.5 Å². The van der Waals surface area contributed by atoms with Gasteiger partial charge < -0.3 is 5.32 Å². The summed E-state index contributed by atoms with van der Waals surface area (Å²) >= 11 is 6.11. The molecular weight excluding hydrogens is 296 g/mol. The van der Waals surface area contributed by atoms with Crippen LogP contribution in [0, 0.1) is 0 Å². The first-order chi connectivity index (χ1) is 9.43. The molecule has 1 N–H and O–H groups in total. The van der Waals surface area contributed by atoms with Gasteiger partial charge in [0.15, 0.2) is 9.84 Å². The van der Waals surface area contributed by atoms with E-state index in [1.165, 1.54) is 0 Å². The van der Waals surface area contributed by atoms with Crippen LogP contribution in [0.15, 0.2) is 30.5 Å². The monoisotopic (exact) mass is 312 g/mol. The Hall–Kier alpha value is -1.33. The average molecular weight is 313 g/mol. The van der Waals surface area contributed by atoms with E-state index in [9.17, 15) is 8.42 Å². The van der Waals surface area contributed by atoms with Crippen molar-refractivity contribution >= 4 is 38.0 Å². The number of hydrogen-bond acceptors (Lipinski definition) is 4. The Morgan fingerprint density at radius 1 is 1.35 bits per heavy atom. The Morgan fingerprint density at radius 3 is 2.80 bits per heavy atom. The number of nitrogens with one attached hydrogen (secondary N) is 1. The molecule has 0 saturated heterocycles. The Labute approximate surface area is 124 Å². The molecule has 1 unspecified atom stereocenters. The molecule has 0 bridgehead atoms. The molecule has 0 spiro atoms. The Balaban J connectivity index is 2.29. The summed E-state index contributed by atoms with van der Waals surface area (Å²) in [5.41, 5.74) is 1.56. The van der Waals surface area contributed by atoms with Gasteiger partial charge in [-0.1, -0.05) is 18.5 Å². The van der Waals surface area contributed by atoms with E-state index in [1.54, 1.807) is 19.2 Å². The molecule has 0 aliphatic carbocycles. The number of nitrogens with zero attached hydrogens (tertiary/aromatic N) is 1. The summed E-state index contributed by atoms with van der Waals surface area (Å²) in [6.45, 7) is 3.51. The third-order valence-corrected chi connectivity index (χ3v) is 5.26. The van der Waals surface area contributed by atoms with Gasteiger partial charge in [-0.05, 0) is 31.2 Å². The number of rotatable bonds is 5. The highest BCUT2D eigenvalue weighted by Gasteiger charge is 2.15. The summed E-state index contributed by atoms with van der Waals surface area (Å²) in [5, 5.41) is 4.70. The van der Waals surface area contributed by atoms with Crippen LogP contribution in [0.3, 0.4) is 0 Å². The topological polar surface area (TPSA) is 59.1 Å². The molecule has 1 aromatic carbocycles. The summed E-state index contributed by atoms with van der Waals surface area (Å²) in [4.78, 5) is 4.25. The molecule has 0 fully saturated rings. The summed E-state index contributed by atoms with van der Waals surface area (Å²) in [6.07, 6.45) is 1.68. The minimum atomic E-state index is -3.00. The molecule has 0 aliphatic rings. The fourth-order valence-electron chi connectivity index (χ4n) is 2.07. The second kappa shape index (κ2) is 5.97. The maximum atomic E-state index is 11.6. The van der Waals surface area contributed by atoms with Crippen molar-refractivity contribution in [2.45, 2.75) is 19.9 Å². The zero-order valence-corrected chi connectivity index (χ0v) is 13.0. The van der Waals surface area contributed by atoms with E-state index >= 15 is 0 Å². The Morgan fingerprint density at radius 2 is 2.10 bits per heavy atom. The maximum Gasteiger partial charge on any atom is 0.152 e. The van der Waals surface area contributed by atoms with Crippen LogP contribution in [0.1, 0.15) is 13.8 Å². The lowest BCUT2D eigenvalue weighted by molar-refractivity contribution is 0.593. The van der Waals surface area contributed by atoms with Crippen LogP contribution in [-0.2, 0) is 9.84 Å². The maximum absolute atomic E-state index is 11.6. The Kier molecular flexibility index (Phi) is 4.50. The largest absolute Gasteiger partial charge is 0.381 e. The van der Waals surface area contributed by atoms with Crippen molar-refractivity contribution in [3.8, 4) is 0 Å². The molecule has 6 heteroatoms. The number of halogens is 1. The summed E-state index contributed by atoms with van der Waals surface area (Å²) in [7, 11) is -3.00. The van der Waals surface area contributed by atoms with Gasteiger partial charge in [-0.25, -0.2) is 8.42 Å². The lowest BCUT2D eigenvalue weighted by atomic mass is 10.1. The predicted molar refractivity (Wildman–Crippen MR) is 84.2 cm³/mol. The predicted octanol–water partition coefficient (Wildman–Crippen LogP) is 3.12. The fraction of sp³-hybridized carbons (Fsp3) is 0.357. The minimum Gasteiger partial charge on any atom is -0.381 e. The fourth-order valence-corrected chi connectivity index (χ4v) is 3.36. The van der Waals surface area contributed by atoms with Gasteiger partial charge in [0.2, 0.25) is 0 Å². The van der Waals surface area contributed by atoms with Crippen LogP contribution in [0.2, 0.25) is 5.02 Å². The molecule has 2 aromatic rings. The van der Waals surface area contributed by atoms with Gasteiger partial charge >= 0.3 is 0 Å². The molecule has 0 saturated carbocycles. The van der Waals surface area contributed by atoms with Gasteiger partial charge in [0.25, 0.3) is 0 Å². The number of aromatic nitrogens is 1. The van der Waals surface area contributed by atoms with Gasteiger partial charge in [-0.15, -0.1) is 0 Å². The van der Waals surface area contributed by atoms with Crippen molar-refractivity contribution in [3.63, 3.8) is 0 Å². The van der Waals surface area contributed by atoms with Crippen molar-refractivity contribution in [3.05, 3.63) is 35.5 Å². The quantitative estimate of drug-likeness (QED) is 0.921. The molecule has 0 aliphatic heterocycles. The van der Waals surface area contributed by atoms with Crippen molar-refractivity contribution in [2.24, 2.45) is 0 Å². The van der Waals surface area contributed by atoms with Crippen LogP contribution in [0.4, 0.5) is 5.69 Å². The van der Waals surface area contributed by atoms with Crippen LogP contribution in [0.5, 0.6) is 0 Å². The highest BCUT2D eigenvalue weighted by atomic mass is 35.5. The van der Waals surface area contributed by atoms with E-state index in [2.05, 4.69) is 10.3 Å². The molecular formula is C14H17ClN2O2S. The number of fused-ring (bicyclic) bond motifs is 1. The lowest BCUT2D eigenvalue weighted by Crippen LogP contribution is -2.26. The van der Waals surface area contributed by atoms with E-state index in [4.69, 9.17) is 11.6 Å². The number of pyridine rings is 1. The molecule has 0 radical (unpaired) electrons. The van der Waals surface area contributed by atoms with Crippen LogP contribution in [-0.4, -0.2) is 30.9 Å². The minimum absolute atomic E-state index is 0.105. The van der Waals surface area contributed by atoms with Crippen molar-refractivity contribution < 1.29 is 8.42 Å². The molecule has 1 aromatic heterocycles. The molecule has 2 rings (SSSR count). The van der Waals surface area contributed by atoms with E-state index in [1.807, 2.05) is 25.1 Å². The second-order valence-corrected chi connectivity index (χ2v) is 7.54. The average Bonchev–Trinajstić information content (AvgIpc) is 2.42. The SMILES string of the molecule is CCS(=O)(=O)CC(C)Nc1ccc(Cl)c2ncccc12. The highest BCUT2D eigenvalue weighted by Crippen LogP contribution is 2.28. The number of benzene rings is 1. The van der Waals surface area contributed by atoms with Crippen molar-refractivity contribution in [2.75, 3.05) is 16.8 Å². The molecule has 4 nitrogen and oxygen atoms in total. The number of anilines is 1. The van der Waals surface area contributed by atoms with Gasteiger partial charge in [0.05, 0.1) is 16.3 Å². The third-order valence-electron chi connectivity index (χ3n) is 3.07. The third kappa shape index (κ3) is 3.41. The number of hydrogen-bond donors (Lipinski definition) is 1. The summed E-state index contributed by atoms with van der Waals surface area (Å²) < 4.78 is 23.3. The number of sulfone groups is 1. The molecule has 0 amide bonds. The van der Waals surface area contributed by atoms with Gasteiger partial charge in [0.1, 0.15) is 0 Å². The Bertz CT molecular complexity index is 716. The summed E-state index contributed by atoms with van der Waals surface area (Å²) in [5.74, 6) is 0.260. The molecule has 1 heterocycles. The molecule has 1 atom stereocenters. The first kappa shape index (κ1) is 15.1. The molecule has 20 heavy (non-hydrogen) atoms. The van der Waals surface area contributed by atoms with Crippen molar-refractivity contribution in [1.29, 1.82) is 0 Å². The normalized spacial score (nSPS) is 13.3. The van der Waals surface area contributed by atoms with Crippen molar-refractivity contribution in [1.82, 2.24) is 4.98 Å².